The highest BCUT2D eigenvalue weighted by Crippen LogP contribution is 2.23. The summed E-state index contributed by atoms with van der Waals surface area (Å²) in [7, 11) is 0. The fraction of sp³-hybridized carbons (Fsp3) is 0.353. The number of halogens is 2. The van der Waals surface area contributed by atoms with Crippen molar-refractivity contribution in [2.24, 2.45) is 0 Å². The Morgan fingerprint density at radius 1 is 1.12 bits per heavy atom. The topological polar surface area (TPSA) is 64.1 Å². The standard InChI is InChI=1S/C17H19F2N3O2S/c1-9-10(2)20-17(21-11(9)3)25-12(4)15(23)22-13-5-7-14(8-6-13)24-16(18)19/h5-8,12,16H,1-4H3,(H,22,23)/t12-/m0/s1. The van der Waals surface area contributed by atoms with Gasteiger partial charge in [-0.15, -0.1) is 0 Å². The Labute approximate surface area is 149 Å². The number of rotatable bonds is 6. The molecule has 1 amide bonds. The van der Waals surface area contributed by atoms with Crippen LogP contribution in [-0.4, -0.2) is 27.7 Å². The Morgan fingerprint density at radius 3 is 2.20 bits per heavy atom. The molecule has 1 N–H and O–H groups in total. The molecular formula is C17H19F2N3O2S. The zero-order valence-electron chi connectivity index (χ0n) is 14.3. The van der Waals surface area contributed by atoms with Gasteiger partial charge in [-0.2, -0.15) is 8.78 Å². The first kappa shape index (κ1) is 19.1. The number of benzene rings is 1. The number of hydrogen-bond acceptors (Lipinski definition) is 5. The lowest BCUT2D eigenvalue weighted by Gasteiger charge is -2.13. The lowest BCUT2D eigenvalue weighted by Crippen LogP contribution is -2.22. The molecule has 5 nitrogen and oxygen atoms in total. The van der Waals surface area contributed by atoms with Crippen molar-refractivity contribution in [1.82, 2.24) is 9.97 Å². The van der Waals surface area contributed by atoms with E-state index in [1.165, 1.54) is 36.0 Å². The van der Waals surface area contributed by atoms with Crippen LogP contribution < -0.4 is 10.1 Å². The second-order valence-electron chi connectivity index (χ2n) is 5.45. The predicted molar refractivity (Wildman–Crippen MR) is 93.3 cm³/mol. The Bertz CT molecular complexity index is 731. The summed E-state index contributed by atoms with van der Waals surface area (Å²) in [4.78, 5) is 21.1. The van der Waals surface area contributed by atoms with Gasteiger partial charge in [-0.25, -0.2) is 9.97 Å². The van der Waals surface area contributed by atoms with Gasteiger partial charge in [-0.1, -0.05) is 11.8 Å². The van der Waals surface area contributed by atoms with Crippen molar-refractivity contribution in [1.29, 1.82) is 0 Å². The summed E-state index contributed by atoms with van der Waals surface area (Å²) in [5.41, 5.74) is 3.30. The summed E-state index contributed by atoms with van der Waals surface area (Å²) in [5.74, 6) is -0.193. The number of thioether (sulfide) groups is 1. The number of carbonyl (C=O) groups is 1. The molecule has 0 aliphatic heterocycles. The summed E-state index contributed by atoms with van der Waals surface area (Å²) >= 11 is 1.26. The van der Waals surface area contributed by atoms with Crippen LogP contribution in [0.25, 0.3) is 0 Å². The lowest BCUT2D eigenvalue weighted by atomic mass is 10.2. The zero-order valence-corrected chi connectivity index (χ0v) is 15.2. The third kappa shape index (κ3) is 5.38. The highest BCUT2D eigenvalue weighted by Gasteiger charge is 2.17. The van der Waals surface area contributed by atoms with Crippen LogP contribution in [0.3, 0.4) is 0 Å². The molecule has 0 bridgehead atoms. The molecule has 0 unspecified atom stereocenters. The van der Waals surface area contributed by atoms with E-state index in [0.717, 1.165) is 17.0 Å². The Morgan fingerprint density at radius 2 is 1.68 bits per heavy atom. The Hall–Kier alpha value is -2.22. The summed E-state index contributed by atoms with van der Waals surface area (Å²) in [5, 5.41) is 2.85. The average molecular weight is 367 g/mol. The van der Waals surface area contributed by atoms with E-state index in [-0.39, 0.29) is 11.7 Å². The lowest BCUT2D eigenvalue weighted by molar-refractivity contribution is -0.115. The quantitative estimate of drug-likeness (QED) is 0.615. The molecule has 2 aromatic rings. The second kappa shape index (κ2) is 8.24. The van der Waals surface area contributed by atoms with E-state index in [9.17, 15) is 13.6 Å². The maximum absolute atomic E-state index is 12.3. The molecule has 1 heterocycles. The van der Waals surface area contributed by atoms with Gasteiger partial charge in [0.25, 0.3) is 0 Å². The number of ether oxygens (including phenoxy) is 1. The second-order valence-corrected chi connectivity index (χ2v) is 6.76. The minimum atomic E-state index is -2.88. The van der Waals surface area contributed by atoms with Crippen molar-refractivity contribution in [3.8, 4) is 5.75 Å². The van der Waals surface area contributed by atoms with Gasteiger partial charge in [0, 0.05) is 17.1 Å². The highest BCUT2D eigenvalue weighted by atomic mass is 32.2. The number of anilines is 1. The number of nitrogens with zero attached hydrogens (tertiary/aromatic N) is 2. The monoisotopic (exact) mass is 367 g/mol. The molecule has 1 aromatic carbocycles. The van der Waals surface area contributed by atoms with Crippen molar-refractivity contribution in [2.45, 2.75) is 44.7 Å². The van der Waals surface area contributed by atoms with Crippen LogP contribution in [0.2, 0.25) is 0 Å². The average Bonchev–Trinajstić information content (AvgIpc) is 2.53. The number of carbonyl (C=O) groups excluding carboxylic acids is 1. The minimum absolute atomic E-state index is 0.0365. The molecule has 2 rings (SSSR count). The van der Waals surface area contributed by atoms with Crippen molar-refractivity contribution in [3.63, 3.8) is 0 Å². The van der Waals surface area contributed by atoms with E-state index < -0.39 is 11.9 Å². The van der Waals surface area contributed by atoms with Crippen LogP contribution in [0, 0.1) is 20.8 Å². The molecule has 0 saturated heterocycles. The summed E-state index contributed by atoms with van der Waals surface area (Å²) in [6, 6.07) is 5.75. The molecule has 0 saturated carbocycles. The molecule has 134 valence electrons. The van der Waals surface area contributed by atoms with E-state index in [1.807, 2.05) is 20.8 Å². The zero-order chi connectivity index (χ0) is 18.6. The number of alkyl halides is 2. The fourth-order valence-electron chi connectivity index (χ4n) is 1.97. The first-order chi connectivity index (χ1) is 11.8. The predicted octanol–water partition coefficient (Wildman–Crippen LogP) is 4.12. The maximum Gasteiger partial charge on any atom is 0.387 e. The summed E-state index contributed by atoms with van der Waals surface area (Å²) < 4.78 is 28.5. The first-order valence-corrected chi connectivity index (χ1v) is 8.48. The molecule has 25 heavy (non-hydrogen) atoms. The number of nitrogens with one attached hydrogen (secondary N) is 1. The molecule has 0 fully saturated rings. The minimum Gasteiger partial charge on any atom is -0.435 e. The van der Waals surface area contributed by atoms with Gasteiger partial charge >= 0.3 is 6.61 Å². The van der Waals surface area contributed by atoms with Gasteiger partial charge in [0.1, 0.15) is 5.75 Å². The highest BCUT2D eigenvalue weighted by molar-refractivity contribution is 8.00. The van der Waals surface area contributed by atoms with Gasteiger partial charge in [-0.05, 0) is 57.5 Å². The van der Waals surface area contributed by atoms with Gasteiger partial charge in [-0.3, -0.25) is 4.79 Å². The summed E-state index contributed by atoms with van der Waals surface area (Å²) in [6.45, 7) is 4.64. The Kier molecular flexibility index (Phi) is 6.30. The fourth-order valence-corrected chi connectivity index (χ4v) is 2.83. The molecule has 0 aliphatic carbocycles. The molecule has 8 heteroatoms. The Balaban J connectivity index is 1.98. The van der Waals surface area contributed by atoms with E-state index in [4.69, 9.17) is 0 Å². The van der Waals surface area contributed by atoms with Crippen molar-refractivity contribution in [3.05, 3.63) is 41.2 Å². The van der Waals surface area contributed by atoms with Gasteiger partial charge in [0.05, 0.1) is 5.25 Å². The molecule has 1 atom stereocenters. The van der Waals surface area contributed by atoms with Crippen LogP contribution in [0.15, 0.2) is 29.4 Å². The van der Waals surface area contributed by atoms with Crippen molar-refractivity contribution < 1.29 is 18.3 Å². The van der Waals surface area contributed by atoms with Crippen LogP contribution in [0.4, 0.5) is 14.5 Å². The van der Waals surface area contributed by atoms with Crippen LogP contribution in [-0.2, 0) is 4.79 Å². The molecular weight excluding hydrogens is 348 g/mol. The van der Waals surface area contributed by atoms with Crippen molar-refractivity contribution in [2.75, 3.05) is 5.32 Å². The number of aryl methyl sites for hydroxylation is 2. The first-order valence-electron chi connectivity index (χ1n) is 7.60. The number of amides is 1. The van der Waals surface area contributed by atoms with E-state index in [0.29, 0.717) is 10.8 Å². The normalized spacial score (nSPS) is 12.1. The molecule has 1 aromatic heterocycles. The molecule has 0 radical (unpaired) electrons. The van der Waals surface area contributed by atoms with Crippen LogP contribution in [0.1, 0.15) is 23.9 Å². The third-order valence-electron chi connectivity index (χ3n) is 3.61. The van der Waals surface area contributed by atoms with Gasteiger partial charge in [0.15, 0.2) is 5.16 Å². The largest absolute Gasteiger partial charge is 0.435 e. The number of aromatic nitrogens is 2. The smallest absolute Gasteiger partial charge is 0.387 e. The SMILES string of the molecule is Cc1nc(S[C@@H](C)C(=O)Nc2ccc(OC(F)F)cc2)nc(C)c1C. The van der Waals surface area contributed by atoms with Crippen LogP contribution in [0.5, 0.6) is 5.75 Å². The molecule has 0 aliphatic rings. The third-order valence-corrected chi connectivity index (χ3v) is 4.57. The number of hydrogen-bond donors (Lipinski definition) is 1. The van der Waals surface area contributed by atoms with E-state index in [1.54, 1.807) is 6.92 Å². The molecule has 0 spiro atoms. The maximum atomic E-state index is 12.3. The van der Waals surface area contributed by atoms with Gasteiger partial charge in [0.2, 0.25) is 5.91 Å². The van der Waals surface area contributed by atoms with E-state index in [2.05, 4.69) is 20.0 Å². The van der Waals surface area contributed by atoms with Crippen LogP contribution >= 0.6 is 11.8 Å². The summed E-state index contributed by atoms with van der Waals surface area (Å²) in [6.07, 6.45) is 0. The van der Waals surface area contributed by atoms with E-state index >= 15 is 0 Å². The van der Waals surface area contributed by atoms with Gasteiger partial charge < -0.3 is 10.1 Å². The van der Waals surface area contributed by atoms with Crippen molar-refractivity contribution >= 4 is 23.4 Å².